The van der Waals surface area contributed by atoms with Gasteiger partial charge in [0.1, 0.15) is 17.5 Å². The summed E-state index contributed by atoms with van der Waals surface area (Å²) in [5, 5.41) is 9.59. The number of fused-ring (bicyclic) bond motifs is 1. The first-order valence-corrected chi connectivity index (χ1v) is 8.06. The number of anilines is 1. The van der Waals surface area contributed by atoms with Gasteiger partial charge in [0.25, 0.3) is 0 Å². The molecular formula is C19H19N3S. The van der Waals surface area contributed by atoms with E-state index < -0.39 is 0 Å². The third-order valence-corrected chi connectivity index (χ3v) is 4.66. The fourth-order valence-corrected chi connectivity index (χ4v) is 3.85. The topological polar surface area (TPSA) is 62.7 Å². The van der Waals surface area contributed by atoms with Gasteiger partial charge in [-0.15, -0.1) is 0 Å². The van der Waals surface area contributed by atoms with Gasteiger partial charge in [-0.05, 0) is 30.7 Å². The van der Waals surface area contributed by atoms with Crippen molar-refractivity contribution in [2.75, 3.05) is 5.73 Å². The van der Waals surface area contributed by atoms with E-state index in [-0.39, 0.29) is 5.41 Å². The Morgan fingerprint density at radius 1 is 1.17 bits per heavy atom. The third kappa shape index (κ3) is 2.73. The molecule has 116 valence electrons. The molecule has 0 atom stereocenters. The number of aromatic nitrogens is 1. The van der Waals surface area contributed by atoms with Gasteiger partial charge >= 0.3 is 0 Å². The monoisotopic (exact) mass is 321 g/mol. The lowest BCUT2D eigenvalue weighted by molar-refractivity contribution is 0.370. The Kier molecular flexibility index (Phi) is 3.69. The molecule has 0 radical (unpaired) electrons. The Morgan fingerprint density at radius 3 is 2.43 bits per heavy atom. The van der Waals surface area contributed by atoms with E-state index in [9.17, 15) is 5.26 Å². The number of hydrogen-bond acceptors (Lipinski definition) is 4. The van der Waals surface area contributed by atoms with Crippen LogP contribution in [0.25, 0.3) is 11.1 Å². The fourth-order valence-electron chi connectivity index (χ4n) is 3.24. The highest BCUT2D eigenvalue weighted by molar-refractivity contribution is 7.80. The second-order valence-electron chi connectivity index (χ2n) is 6.99. The molecule has 1 aliphatic carbocycles. The predicted molar refractivity (Wildman–Crippen MR) is 97.3 cm³/mol. The molecule has 0 aliphatic heterocycles. The first-order chi connectivity index (χ1) is 10.8. The lowest BCUT2D eigenvalue weighted by Crippen LogP contribution is -2.28. The minimum absolute atomic E-state index is 0.0717. The van der Waals surface area contributed by atoms with Crippen LogP contribution in [0.5, 0.6) is 0 Å². The van der Waals surface area contributed by atoms with Crippen molar-refractivity contribution in [1.82, 2.24) is 4.98 Å². The maximum atomic E-state index is 9.59. The van der Waals surface area contributed by atoms with Crippen molar-refractivity contribution in [3.05, 3.63) is 46.6 Å². The van der Waals surface area contributed by atoms with Gasteiger partial charge in [0.15, 0.2) is 0 Å². The molecule has 1 aliphatic rings. The first-order valence-electron chi connectivity index (χ1n) is 7.65. The summed E-state index contributed by atoms with van der Waals surface area (Å²) < 4.78 is 0. The molecular weight excluding hydrogens is 302 g/mol. The summed E-state index contributed by atoms with van der Waals surface area (Å²) >= 11 is 5.68. The second kappa shape index (κ2) is 5.43. The first kappa shape index (κ1) is 15.6. The molecule has 0 saturated heterocycles. The fraction of sp³-hybridized carbons (Fsp3) is 0.316. The Balaban J connectivity index is 2.34. The van der Waals surface area contributed by atoms with Crippen LogP contribution in [0, 0.1) is 23.7 Å². The minimum atomic E-state index is 0.0717. The summed E-state index contributed by atoms with van der Waals surface area (Å²) in [4.78, 5) is 5.37. The lowest BCUT2D eigenvalue weighted by Gasteiger charge is -2.33. The zero-order chi connectivity index (χ0) is 16.8. The highest BCUT2D eigenvalue weighted by Crippen LogP contribution is 2.41. The molecule has 1 aromatic carbocycles. The highest BCUT2D eigenvalue weighted by atomic mass is 32.1. The second-order valence-corrected chi connectivity index (χ2v) is 7.48. The number of nitrogen functional groups attached to an aromatic ring is 1. The number of thiocarbonyl (C=S) groups is 1. The van der Waals surface area contributed by atoms with Crippen LogP contribution >= 0.6 is 12.2 Å². The van der Waals surface area contributed by atoms with Crippen LogP contribution in [0.15, 0.2) is 24.3 Å². The van der Waals surface area contributed by atoms with Gasteiger partial charge in [-0.3, -0.25) is 0 Å². The van der Waals surface area contributed by atoms with Crippen molar-refractivity contribution in [3.63, 3.8) is 0 Å². The van der Waals surface area contributed by atoms with Gasteiger partial charge in [-0.25, -0.2) is 4.98 Å². The Labute approximate surface area is 142 Å². The van der Waals surface area contributed by atoms with E-state index in [1.54, 1.807) is 0 Å². The Morgan fingerprint density at radius 2 is 1.83 bits per heavy atom. The summed E-state index contributed by atoms with van der Waals surface area (Å²) in [6.07, 6.45) is 1.64. The maximum absolute atomic E-state index is 9.59. The SMILES string of the molecule is Cc1ccc(-c2c(C#N)c(N)nc3c2C(=S)CC(C)(C)C3)cc1. The predicted octanol–water partition coefficient (Wildman–Crippen LogP) is 4.20. The van der Waals surface area contributed by atoms with Crippen LogP contribution in [0.2, 0.25) is 0 Å². The molecule has 1 heterocycles. The molecule has 2 aromatic rings. The van der Waals surface area contributed by atoms with Crippen molar-refractivity contribution in [2.24, 2.45) is 5.41 Å². The number of nitriles is 1. The molecule has 4 heteroatoms. The van der Waals surface area contributed by atoms with Crippen LogP contribution in [0.3, 0.4) is 0 Å². The Bertz CT molecular complexity index is 842. The average Bonchev–Trinajstić information content (AvgIpc) is 2.45. The maximum Gasteiger partial charge on any atom is 0.142 e. The Hall–Kier alpha value is -2.25. The van der Waals surface area contributed by atoms with Gasteiger partial charge in [0.2, 0.25) is 0 Å². The number of hydrogen-bond donors (Lipinski definition) is 1. The largest absolute Gasteiger partial charge is 0.383 e. The van der Waals surface area contributed by atoms with E-state index in [0.717, 1.165) is 40.1 Å². The molecule has 23 heavy (non-hydrogen) atoms. The zero-order valence-corrected chi connectivity index (χ0v) is 14.4. The van der Waals surface area contributed by atoms with Gasteiger partial charge in [-0.1, -0.05) is 55.9 Å². The van der Waals surface area contributed by atoms with Crippen molar-refractivity contribution in [1.29, 1.82) is 5.26 Å². The molecule has 0 amide bonds. The zero-order valence-electron chi connectivity index (χ0n) is 13.6. The number of nitrogens with zero attached hydrogens (tertiary/aromatic N) is 2. The standard InChI is InChI=1S/C19H19N3S/c1-11-4-6-12(7-5-11)16-13(10-20)18(21)22-14-8-19(2,3)9-15(23)17(14)16/h4-7H,8-9H2,1-3H3,(H2,21,22). The van der Waals surface area contributed by atoms with Crippen molar-refractivity contribution < 1.29 is 0 Å². The average molecular weight is 321 g/mol. The van der Waals surface area contributed by atoms with E-state index in [0.29, 0.717) is 11.4 Å². The van der Waals surface area contributed by atoms with Gasteiger partial charge in [0.05, 0.1) is 5.69 Å². The highest BCUT2D eigenvalue weighted by Gasteiger charge is 2.33. The molecule has 0 saturated carbocycles. The van der Waals surface area contributed by atoms with E-state index in [1.165, 1.54) is 5.56 Å². The van der Waals surface area contributed by atoms with Crippen LogP contribution in [-0.2, 0) is 6.42 Å². The molecule has 0 fully saturated rings. The lowest BCUT2D eigenvalue weighted by atomic mass is 9.74. The van der Waals surface area contributed by atoms with Gasteiger partial charge in [-0.2, -0.15) is 5.26 Å². The van der Waals surface area contributed by atoms with Crippen molar-refractivity contribution in [3.8, 4) is 17.2 Å². The van der Waals surface area contributed by atoms with Gasteiger partial charge in [0, 0.05) is 16.0 Å². The summed E-state index contributed by atoms with van der Waals surface area (Å²) in [6.45, 7) is 6.41. The van der Waals surface area contributed by atoms with Crippen LogP contribution in [-0.4, -0.2) is 9.85 Å². The number of aryl methyl sites for hydroxylation is 1. The third-order valence-electron chi connectivity index (χ3n) is 4.32. The van der Waals surface area contributed by atoms with Crippen LogP contribution in [0.4, 0.5) is 5.82 Å². The molecule has 0 spiro atoms. The van der Waals surface area contributed by atoms with E-state index in [2.05, 4.69) is 24.9 Å². The molecule has 2 N–H and O–H groups in total. The van der Waals surface area contributed by atoms with Crippen molar-refractivity contribution >= 4 is 22.9 Å². The van der Waals surface area contributed by atoms with E-state index in [4.69, 9.17) is 18.0 Å². The molecule has 3 rings (SSSR count). The molecule has 3 nitrogen and oxygen atoms in total. The normalized spacial score (nSPS) is 15.8. The van der Waals surface area contributed by atoms with E-state index >= 15 is 0 Å². The summed E-state index contributed by atoms with van der Waals surface area (Å²) in [7, 11) is 0. The molecule has 1 aromatic heterocycles. The number of nitrogens with two attached hydrogens (primary N) is 1. The number of pyridine rings is 1. The van der Waals surface area contributed by atoms with Gasteiger partial charge < -0.3 is 5.73 Å². The smallest absolute Gasteiger partial charge is 0.142 e. The molecule has 0 unspecified atom stereocenters. The van der Waals surface area contributed by atoms with Crippen LogP contribution in [0.1, 0.15) is 42.7 Å². The summed E-state index contributed by atoms with van der Waals surface area (Å²) in [5.41, 5.74) is 11.4. The summed E-state index contributed by atoms with van der Waals surface area (Å²) in [5.74, 6) is 0.294. The quantitative estimate of drug-likeness (QED) is 0.800. The minimum Gasteiger partial charge on any atom is -0.383 e. The number of benzene rings is 1. The van der Waals surface area contributed by atoms with Crippen molar-refractivity contribution in [2.45, 2.75) is 33.6 Å². The summed E-state index contributed by atoms with van der Waals surface area (Å²) in [6, 6.07) is 10.3. The van der Waals surface area contributed by atoms with E-state index in [1.807, 2.05) is 31.2 Å². The number of rotatable bonds is 1. The van der Waals surface area contributed by atoms with Crippen LogP contribution < -0.4 is 5.73 Å². The molecule has 0 bridgehead atoms.